The summed E-state index contributed by atoms with van der Waals surface area (Å²) in [5, 5.41) is 3.05. The number of rotatable bonds is 5. The Labute approximate surface area is 127 Å². The second kappa shape index (κ2) is 7.05. The molecule has 1 aliphatic heterocycles. The molecule has 0 saturated carbocycles. The number of benzene rings is 1. The van der Waals surface area contributed by atoms with E-state index in [4.69, 9.17) is 5.73 Å². The van der Waals surface area contributed by atoms with Crippen LogP contribution in [-0.2, 0) is 11.2 Å². The standard InChI is InChI=1S/C17H27N3O/c1-17(8-10-20(2)11-9-17)13-19-16(21)15(18)12-14-6-4-3-5-7-14/h3-7,15H,8-13,18H2,1-2H3,(H,19,21). The predicted molar refractivity (Wildman–Crippen MR) is 86.0 cm³/mol. The summed E-state index contributed by atoms with van der Waals surface area (Å²) in [6.45, 7) is 5.18. The Kier molecular flexibility index (Phi) is 5.37. The zero-order chi connectivity index (χ0) is 15.3. The highest BCUT2D eigenvalue weighted by Crippen LogP contribution is 2.29. The van der Waals surface area contributed by atoms with E-state index in [-0.39, 0.29) is 11.3 Å². The summed E-state index contributed by atoms with van der Waals surface area (Å²) in [4.78, 5) is 14.5. The molecule has 3 N–H and O–H groups in total. The topological polar surface area (TPSA) is 58.4 Å². The largest absolute Gasteiger partial charge is 0.354 e. The van der Waals surface area contributed by atoms with Crippen molar-refractivity contribution in [2.24, 2.45) is 11.1 Å². The molecule has 1 aromatic rings. The Hall–Kier alpha value is -1.39. The Morgan fingerprint density at radius 3 is 2.57 bits per heavy atom. The van der Waals surface area contributed by atoms with Crippen molar-refractivity contribution in [1.82, 2.24) is 10.2 Å². The van der Waals surface area contributed by atoms with Crippen LogP contribution >= 0.6 is 0 Å². The summed E-state index contributed by atoms with van der Waals surface area (Å²) < 4.78 is 0. The lowest BCUT2D eigenvalue weighted by Crippen LogP contribution is -2.48. The molecule has 1 saturated heterocycles. The maximum absolute atomic E-state index is 12.2. The smallest absolute Gasteiger partial charge is 0.237 e. The van der Waals surface area contributed by atoms with Crippen molar-refractivity contribution < 1.29 is 4.79 Å². The molecule has 1 amide bonds. The highest BCUT2D eigenvalue weighted by molar-refractivity contribution is 5.81. The van der Waals surface area contributed by atoms with Gasteiger partial charge in [-0.25, -0.2) is 0 Å². The zero-order valence-corrected chi connectivity index (χ0v) is 13.1. The Bertz CT molecular complexity index is 452. The van der Waals surface area contributed by atoms with Gasteiger partial charge in [0.15, 0.2) is 0 Å². The molecule has 1 heterocycles. The molecule has 1 atom stereocenters. The van der Waals surface area contributed by atoms with E-state index >= 15 is 0 Å². The molecular weight excluding hydrogens is 262 g/mol. The van der Waals surface area contributed by atoms with Gasteiger partial charge in [-0.2, -0.15) is 0 Å². The summed E-state index contributed by atoms with van der Waals surface area (Å²) in [5.74, 6) is -0.0426. The van der Waals surface area contributed by atoms with E-state index in [9.17, 15) is 4.79 Å². The minimum Gasteiger partial charge on any atom is -0.354 e. The molecule has 4 nitrogen and oxygen atoms in total. The molecule has 1 aromatic carbocycles. The second-order valence-corrected chi connectivity index (χ2v) is 6.63. The Morgan fingerprint density at radius 2 is 1.95 bits per heavy atom. The third-order valence-corrected chi connectivity index (χ3v) is 4.52. The Balaban J connectivity index is 1.78. The number of piperidine rings is 1. The minimum atomic E-state index is -0.470. The van der Waals surface area contributed by atoms with Crippen LogP contribution < -0.4 is 11.1 Å². The van der Waals surface area contributed by atoms with Crippen molar-refractivity contribution in [2.45, 2.75) is 32.2 Å². The molecule has 0 aliphatic carbocycles. The number of carbonyl (C=O) groups is 1. The predicted octanol–water partition coefficient (Wildman–Crippen LogP) is 1.40. The number of amides is 1. The molecule has 0 spiro atoms. The highest BCUT2D eigenvalue weighted by Gasteiger charge is 2.29. The maximum atomic E-state index is 12.2. The number of carbonyl (C=O) groups excluding carboxylic acids is 1. The third kappa shape index (κ3) is 4.83. The van der Waals surface area contributed by atoms with Gasteiger partial charge in [0.25, 0.3) is 0 Å². The minimum absolute atomic E-state index is 0.0426. The highest BCUT2D eigenvalue weighted by atomic mass is 16.2. The molecule has 1 fully saturated rings. The van der Waals surface area contributed by atoms with Gasteiger partial charge in [0.05, 0.1) is 6.04 Å². The van der Waals surface area contributed by atoms with Crippen LogP contribution in [0.5, 0.6) is 0 Å². The molecule has 0 bridgehead atoms. The summed E-state index contributed by atoms with van der Waals surface area (Å²) in [6, 6.07) is 9.45. The van der Waals surface area contributed by atoms with Crippen LogP contribution in [0.2, 0.25) is 0 Å². The lowest BCUT2D eigenvalue weighted by molar-refractivity contribution is -0.123. The Morgan fingerprint density at radius 1 is 1.33 bits per heavy atom. The molecule has 116 valence electrons. The fraction of sp³-hybridized carbons (Fsp3) is 0.588. The lowest BCUT2D eigenvalue weighted by Gasteiger charge is -2.38. The van der Waals surface area contributed by atoms with Crippen LogP contribution in [0.15, 0.2) is 30.3 Å². The van der Waals surface area contributed by atoms with Crippen LogP contribution in [0.3, 0.4) is 0 Å². The summed E-state index contributed by atoms with van der Waals surface area (Å²) in [6.07, 6.45) is 2.83. The van der Waals surface area contributed by atoms with Gasteiger partial charge in [0, 0.05) is 6.54 Å². The van der Waals surface area contributed by atoms with Crippen molar-refractivity contribution in [3.63, 3.8) is 0 Å². The first kappa shape index (κ1) is 16.0. The molecular formula is C17H27N3O. The molecule has 1 unspecified atom stereocenters. The van der Waals surface area contributed by atoms with Crippen molar-refractivity contribution in [1.29, 1.82) is 0 Å². The third-order valence-electron chi connectivity index (χ3n) is 4.52. The molecule has 21 heavy (non-hydrogen) atoms. The van der Waals surface area contributed by atoms with Crippen molar-refractivity contribution in [3.05, 3.63) is 35.9 Å². The number of hydrogen-bond donors (Lipinski definition) is 2. The SMILES string of the molecule is CN1CCC(C)(CNC(=O)C(N)Cc2ccccc2)CC1. The van der Waals surface area contributed by atoms with E-state index in [0.717, 1.165) is 38.0 Å². The normalized spacial score (nSPS) is 20.0. The van der Waals surface area contributed by atoms with Gasteiger partial charge < -0.3 is 16.0 Å². The second-order valence-electron chi connectivity index (χ2n) is 6.63. The van der Waals surface area contributed by atoms with Crippen molar-refractivity contribution in [3.8, 4) is 0 Å². The van der Waals surface area contributed by atoms with Gasteiger partial charge in [0.1, 0.15) is 0 Å². The van der Waals surface area contributed by atoms with Crippen molar-refractivity contribution in [2.75, 3.05) is 26.7 Å². The first-order valence-electron chi connectivity index (χ1n) is 7.74. The number of nitrogens with zero attached hydrogens (tertiary/aromatic N) is 1. The van der Waals surface area contributed by atoms with Crippen LogP contribution in [0, 0.1) is 5.41 Å². The number of hydrogen-bond acceptors (Lipinski definition) is 3. The van der Waals surface area contributed by atoms with E-state index in [1.807, 2.05) is 30.3 Å². The number of nitrogens with one attached hydrogen (secondary N) is 1. The average molecular weight is 289 g/mol. The van der Waals surface area contributed by atoms with E-state index in [1.165, 1.54) is 0 Å². The van der Waals surface area contributed by atoms with E-state index in [1.54, 1.807) is 0 Å². The average Bonchev–Trinajstić information content (AvgIpc) is 2.49. The molecule has 1 aliphatic rings. The van der Waals surface area contributed by atoms with Gasteiger partial charge in [-0.1, -0.05) is 37.3 Å². The maximum Gasteiger partial charge on any atom is 0.237 e. The summed E-state index contributed by atoms with van der Waals surface area (Å²) in [5.41, 5.74) is 7.32. The van der Waals surface area contributed by atoms with Crippen LogP contribution in [0.4, 0.5) is 0 Å². The molecule has 2 rings (SSSR count). The zero-order valence-electron chi connectivity index (χ0n) is 13.1. The van der Waals surface area contributed by atoms with E-state index in [0.29, 0.717) is 6.42 Å². The molecule has 4 heteroatoms. The number of nitrogens with two attached hydrogens (primary N) is 1. The first-order valence-corrected chi connectivity index (χ1v) is 7.74. The summed E-state index contributed by atoms with van der Waals surface area (Å²) in [7, 11) is 2.15. The van der Waals surface area contributed by atoms with Gasteiger partial charge in [0.2, 0.25) is 5.91 Å². The van der Waals surface area contributed by atoms with Crippen LogP contribution in [0.25, 0.3) is 0 Å². The number of likely N-dealkylation sites (tertiary alicyclic amines) is 1. The van der Waals surface area contributed by atoms with Crippen molar-refractivity contribution >= 4 is 5.91 Å². The van der Waals surface area contributed by atoms with E-state index in [2.05, 4.69) is 24.2 Å². The molecule has 0 aromatic heterocycles. The fourth-order valence-corrected chi connectivity index (χ4v) is 2.73. The monoisotopic (exact) mass is 289 g/mol. The van der Waals surface area contributed by atoms with Gasteiger partial charge in [-0.15, -0.1) is 0 Å². The van der Waals surface area contributed by atoms with E-state index < -0.39 is 6.04 Å². The first-order chi connectivity index (χ1) is 9.98. The summed E-state index contributed by atoms with van der Waals surface area (Å²) >= 11 is 0. The van der Waals surface area contributed by atoms with Crippen LogP contribution in [0.1, 0.15) is 25.3 Å². The van der Waals surface area contributed by atoms with Gasteiger partial charge in [-0.3, -0.25) is 4.79 Å². The quantitative estimate of drug-likeness (QED) is 0.861. The van der Waals surface area contributed by atoms with Crippen LogP contribution in [-0.4, -0.2) is 43.5 Å². The molecule has 0 radical (unpaired) electrons. The van der Waals surface area contributed by atoms with Gasteiger partial charge >= 0.3 is 0 Å². The van der Waals surface area contributed by atoms with Gasteiger partial charge in [-0.05, 0) is 50.4 Å². The lowest BCUT2D eigenvalue weighted by atomic mass is 9.80. The fourth-order valence-electron chi connectivity index (χ4n) is 2.73.